The van der Waals surface area contributed by atoms with Crippen LogP contribution in [0.1, 0.15) is 10.4 Å². The second-order valence-corrected chi connectivity index (χ2v) is 4.54. The number of carbonyl (C=O) groups excluding carboxylic acids is 1. The van der Waals surface area contributed by atoms with Crippen molar-refractivity contribution in [2.24, 2.45) is 0 Å². The third-order valence-corrected chi connectivity index (χ3v) is 3.07. The number of nitrogens with one attached hydrogen (secondary N) is 1. The summed E-state index contributed by atoms with van der Waals surface area (Å²) >= 11 is 3.26. The maximum absolute atomic E-state index is 12.1. The molecule has 1 aromatic carbocycles. The predicted octanol–water partition coefficient (Wildman–Crippen LogP) is 2.69. The van der Waals surface area contributed by atoms with Gasteiger partial charge in [0.05, 0.1) is 12.8 Å². The minimum absolute atomic E-state index is 0.278. The van der Waals surface area contributed by atoms with Gasteiger partial charge in [0.2, 0.25) is 0 Å². The van der Waals surface area contributed by atoms with E-state index < -0.39 is 0 Å². The fraction of sp³-hybridized carbons (Fsp3) is 0.0769. The Balaban J connectivity index is 2.25. The van der Waals surface area contributed by atoms with E-state index in [1.54, 1.807) is 36.5 Å². The van der Waals surface area contributed by atoms with Crippen LogP contribution in [0.2, 0.25) is 0 Å². The maximum Gasteiger partial charge on any atom is 0.255 e. The van der Waals surface area contributed by atoms with Crippen LogP contribution in [-0.4, -0.2) is 18.0 Å². The number of rotatable bonds is 3. The molecule has 0 aliphatic carbocycles. The summed E-state index contributed by atoms with van der Waals surface area (Å²) in [5, 5.41) is 2.75. The van der Waals surface area contributed by atoms with Crippen molar-refractivity contribution in [1.82, 2.24) is 4.98 Å². The van der Waals surface area contributed by atoms with Gasteiger partial charge in [0, 0.05) is 23.5 Å². The van der Waals surface area contributed by atoms with Crippen LogP contribution in [0.5, 0.6) is 5.75 Å². The number of methoxy groups -OCH3 is 1. The first kappa shape index (κ1) is 13.4. The van der Waals surface area contributed by atoms with Crippen molar-refractivity contribution < 1.29 is 9.53 Å². The zero-order chi connectivity index (χ0) is 13.8. The van der Waals surface area contributed by atoms with Crippen LogP contribution in [0.15, 0.2) is 41.1 Å². The number of hydrogen-bond acceptors (Lipinski definition) is 4. The second kappa shape index (κ2) is 5.71. The van der Waals surface area contributed by atoms with Crippen molar-refractivity contribution in [1.29, 1.82) is 0 Å². The lowest BCUT2D eigenvalue weighted by atomic mass is 10.1. The van der Waals surface area contributed by atoms with Crippen LogP contribution in [0.25, 0.3) is 0 Å². The quantitative estimate of drug-likeness (QED) is 0.673. The number of nitrogens with zero attached hydrogens (tertiary/aromatic N) is 1. The molecule has 0 spiro atoms. The predicted molar refractivity (Wildman–Crippen MR) is 77.3 cm³/mol. The largest absolute Gasteiger partial charge is 0.497 e. The second-order valence-electron chi connectivity index (χ2n) is 3.79. The highest BCUT2D eigenvalue weighted by Gasteiger charge is 2.10. The number of nitrogen functional groups attached to an aromatic ring is 1. The standard InChI is InChI=1S/C13H12BrN3O2/c1-19-10-6-8(5-9(15)7-10)13(18)17-11-3-2-4-16-12(11)14/h2-7H,15H2,1H3,(H,17,18). The van der Waals surface area contributed by atoms with Gasteiger partial charge in [-0.3, -0.25) is 4.79 Å². The van der Waals surface area contributed by atoms with E-state index in [0.29, 0.717) is 27.3 Å². The van der Waals surface area contributed by atoms with Gasteiger partial charge in [0.1, 0.15) is 10.4 Å². The average molecular weight is 322 g/mol. The van der Waals surface area contributed by atoms with Gasteiger partial charge in [-0.2, -0.15) is 0 Å². The number of nitrogens with two attached hydrogens (primary N) is 1. The molecule has 6 heteroatoms. The van der Waals surface area contributed by atoms with Crippen molar-refractivity contribution in [3.05, 3.63) is 46.7 Å². The molecule has 2 aromatic rings. The maximum atomic E-state index is 12.1. The van der Waals surface area contributed by atoms with E-state index in [1.165, 1.54) is 7.11 Å². The van der Waals surface area contributed by atoms with Crippen molar-refractivity contribution in [2.45, 2.75) is 0 Å². The Morgan fingerprint density at radius 2 is 2.21 bits per heavy atom. The third-order valence-electron chi connectivity index (χ3n) is 2.43. The minimum atomic E-state index is -0.278. The van der Waals surface area contributed by atoms with E-state index >= 15 is 0 Å². The molecule has 0 radical (unpaired) electrons. The lowest BCUT2D eigenvalue weighted by molar-refractivity contribution is 0.102. The van der Waals surface area contributed by atoms with Crippen molar-refractivity contribution in [3.8, 4) is 5.75 Å². The van der Waals surface area contributed by atoms with E-state index in [0.717, 1.165) is 0 Å². The third kappa shape index (κ3) is 3.23. The molecular formula is C13H12BrN3O2. The number of anilines is 2. The summed E-state index contributed by atoms with van der Waals surface area (Å²) in [6.45, 7) is 0. The lowest BCUT2D eigenvalue weighted by Gasteiger charge is -2.08. The molecule has 3 N–H and O–H groups in total. The number of carbonyl (C=O) groups is 1. The summed E-state index contributed by atoms with van der Waals surface area (Å²) in [7, 11) is 1.52. The highest BCUT2D eigenvalue weighted by Crippen LogP contribution is 2.22. The fourth-order valence-corrected chi connectivity index (χ4v) is 1.89. The van der Waals surface area contributed by atoms with Gasteiger partial charge in [0.25, 0.3) is 5.91 Å². The van der Waals surface area contributed by atoms with Crippen LogP contribution in [0, 0.1) is 0 Å². The van der Waals surface area contributed by atoms with Crippen LogP contribution >= 0.6 is 15.9 Å². The zero-order valence-electron chi connectivity index (χ0n) is 10.2. The number of hydrogen-bond donors (Lipinski definition) is 2. The smallest absolute Gasteiger partial charge is 0.255 e. The van der Waals surface area contributed by atoms with Gasteiger partial charge in [-0.05, 0) is 40.2 Å². The summed E-state index contributed by atoms with van der Waals surface area (Å²) in [5.74, 6) is 0.259. The van der Waals surface area contributed by atoms with Crippen molar-refractivity contribution in [2.75, 3.05) is 18.2 Å². The Labute approximate surface area is 118 Å². The Morgan fingerprint density at radius 3 is 2.89 bits per heavy atom. The molecular weight excluding hydrogens is 310 g/mol. The molecule has 5 nitrogen and oxygen atoms in total. The molecule has 0 saturated carbocycles. The zero-order valence-corrected chi connectivity index (χ0v) is 11.8. The molecule has 0 unspecified atom stereocenters. The van der Waals surface area contributed by atoms with Crippen LogP contribution in [0.4, 0.5) is 11.4 Å². The number of halogens is 1. The number of pyridine rings is 1. The summed E-state index contributed by atoms with van der Waals surface area (Å²) in [5.41, 5.74) is 7.20. The van der Waals surface area contributed by atoms with Crippen LogP contribution < -0.4 is 15.8 Å². The van der Waals surface area contributed by atoms with E-state index in [2.05, 4.69) is 26.2 Å². The number of benzene rings is 1. The molecule has 0 atom stereocenters. The Kier molecular flexibility index (Phi) is 4.01. The van der Waals surface area contributed by atoms with E-state index in [9.17, 15) is 4.79 Å². The number of amides is 1. The Morgan fingerprint density at radius 1 is 1.42 bits per heavy atom. The lowest BCUT2D eigenvalue weighted by Crippen LogP contribution is -2.13. The molecule has 0 saturated heterocycles. The van der Waals surface area contributed by atoms with Crippen molar-refractivity contribution >= 4 is 33.2 Å². The molecule has 98 valence electrons. The summed E-state index contributed by atoms with van der Waals surface area (Å²) in [4.78, 5) is 16.1. The summed E-state index contributed by atoms with van der Waals surface area (Å²) < 4.78 is 5.65. The average Bonchev–Trinajstić information content (AvgIpc) is 2.40. The van der Waals surface area contributed by atoms with E-state index in [4.69, 9.17) is 10.5 Å². The Bertz CT molecular complexity index is 617. The normalized spacial score (nSPS) is 10.0. The summed E-state index contributed by atoms with van der Waals surface area (Å²) in [6, 6.07) is 8.34. The first-order valence-corrected chi connectivity index (χ1v) is 6.26. The molecule has 1 heterocycles. The SMILES string of the molecule is COc1cc(N)cc(C(=O)Nc2cccnc2Br)c1. The minimum Gasteiger partial charge on any atom is -0.497 e. The van der Waals surface area contributed by atoms with Crippen LogP contribution in [0.3, 0.4) is 0 Å². The monoisotopic (exact) mass is 321 g/mol. The van der Waals surface area contributed by atoms with Gasteiger partial charge in [-0.15, -0.1) is 0 Å². The Hall–Kier alpha value is -2.08. The van der Waals surface area contributed by atoms with Gasteiger partial charge in [0.15, 0.2) is 0 Å². The highest BCUT2D eigenvalue weighted by molar-refractivity contribution is 9.10. The molecule has 0 fully saturated rings. The molecule has 0 bridgehead atoms. The first-order valence-electron chi connectivity index (χ1n) is 5.46. The molecule has 19 heavy (non-hydrogen) atoms. The van der Waals surface area contributed by atoms with Gasteiger partial charge >= 0.3 is 0 Å². The molecule has 1 amide bonds. The molecule has 0 aliphatic heterocycles. The molecule has 2 rings (SSSR count). The first-order chi connectivity index (χ1) is 9.10. The topological polar surface area (TPSA) is 77.2 Å². The summed E-state index contributed by atoms with van der Waals surface area (Å²) in [6.07, 6.45) is 1.63. The highest BCUT2D eigenvalue weighted by atomic mass is 79.9. The van der Waals surface area contributed by atoms with Gasteiger partial charge in [-0.1, -0.05) is 0 Å². The van der Waals surface area contributed by atoms with Gasteiger partial charge < -0.3 is 15.8 Å². The fourth-order valence-electron chi connectivity index (χ4n) is 1.54. The van der Waals surface area contributed by atoms with Gasteiger partial charge in [-0.25, -0.2) is 4.98 Å². The molecule has 1 aromatic heterocycles. The van der Waals surface area contributed by atoms with Crippen molar-refractivity contribution in [3.63, 3.8) is 0 Å². The van der Waals surface area contributed by atoms with E-state index in [1.807, 2.05) is 0 Å². The molecule has 0 aliphatic rings. The number of aromatic nitrogens is 1. The van der Waals surface area contributed by atoms with E-state index in [-0.39, 0.29) is 5.91 Å². The number of ether oxygens (including phenoxy) is 1. The van der Waals surface area contributed by atoms with Crippen LogP contribution in [-0.2, 0) is 0 Å².